The number of aryl methyl sites for hydroxylation is 1. The van der Waals surface area contributed by atoms with E-state index in [9.17, 15) is 13.2 Å². The molecule has 7 nitrogen and oxygen atoms in total. The number of fused-ring (bicyclic) bond motifs is 1. The topological polar surface area (TPSA) is 74.7 Å². The van der Waals surface area contributed by atoms with Crippen molar-refractivity contribution in [2.45, 2.75) is 26.3 Å². The minimum absolute atomic E-state index is 0.0484. The first-order valence-electron chi connectivity index (χ1n) is 10.7. The Morgan fingerprint density at radius 3 is 2.21 bits per heavy atom. The largest absolute Gasteiger partial charge is 0.487 e. The monoisotopic (exact) mass is 479 g/mol. The Bertz CT molecular complexity index is 1120. The van der Waals surface area contributed by atoms with E-state index in [0.717, 1.165) is 6.07 Å². The van der Waals surface area contributed by atoms with Crippen molar-refractivity contribution in [1.82, 2.24) is 9.97 Å². The molecule has 0 radical (unpaired) electrons. The molecule has 2 aromatic carbocycles. The van der Waals surface area contributed by atoms with E-state index >= 15 is 0 Å². The van der Waals surface area contributed by atoms with Crippen LogP contribution in [0.4, 0.5) is 19.0 Å². The molecule has 0 unspecified atom stereocenters. The van der Waals surface area contributed by atoms with Gasteiger partial charge in [0.25, 0.3) is 5.92 Å². The van der Waals surface area contributed by atoms with E-state index in [1.54, 1.807) is 33.3 Å². The van der Waals surface area contributed by atoms with Gasteiger partial charge in [0.15, 0.2) is 11.5 Å². The van der Waals surface area contributed by atoms with Crippen molar-refractivity contribution in [3.05, 3.63) is 53.1 Å². The number of nitrogens with one attached hydrogen (secondary N) is 1. The number of hydrogen-bond acceptors (Lipinski definition) is 7. The number of alkyl halides is 2. The quantitative estimate of drug-likeness (QED) is 0.372. The summed E-state index contributed by atoms with van der Waals surface area (Å²) in [5.41, 5.74) is 0.0255. The fourth-order valence-electron chi connectivity index (χ4n) is 3.32. The molecule has 0 spiro atoms. The summed E-state index contributed by atoms with van der Waals surface area (Å²) in [7, 11) is 3.15. The first kappa shape index (κ1) is 25.5. The number of halogens is 3. The molecule has 0 bridgehead atoms. The summed E-state index contributed by atoms with van der Waals surface area (Å²) >= 11 is 0. The third-order valence-electron chi connectivity index (χ3n) is 4.96. The van der Waals surface area contributed by atoms with Crippen molar-refractivity contribution >= 4 is 16.7 Å². The number of anilines is 1. The molecule has 0 saturated heterocycles. The summed E-state index contributed by atoms with van der Waals surface area (Å²) < 4.78 is 63.8. The molecular weight excluding hydrogens is 451 g/mol. The Morgan fingerprint density at radius 2 is 1.59 bits per heavy atom. The molecule has 184 valence electrons. The summed E-state index contributed by atoms with van der Waals surface area (Å²) in [4.78, 5) is 8.89. The lowest BCUT2D eigenvalue weighted by molar-refractivity contribution is 0.0136. The first-order valence-corrected chi connectivity index (χ1v) is 10.7. The third kappa shape index (κ3) is 6.27. The number of aromatic nitrogens is 2. The third-order valence-corrected chi connectivity index (χ3v) is 4.96. The predicted octanol–water partition coefficient (Wildman–Crippen LogP) is 4.85. The van der Waals surface area contributed by atoms with Gasteiger partial charge >= 0.3 is 0 Å². The van der Waals surface area contributed by atoms with Crippen LogP contribution in [0, 0.1) is 12.7 Å². The van der Waals surface area contributed by atoms with Crippen LogP contribution in [0.2, 0.25) is 0 Å². The maximum Gasteiger partial charge on any atom is 0.273 e. The van der Waals surface area contributed by atoms with Crippen molar-refractivity contribution in [1.29, 1.82) is 0 Å². The lowest BCUT2D eigenvalue weighted by Crippen LogP contribution is -2.13. The molecule has 0 aliphatic heterocycles. The zero-order valence-corrected chi connectivity index (χ0v) is 19.6. The van der Waals surface area contributed by atoms with E-state index in [-0.39, 0.29) is 12.1 Å². The predicted molar refractivity (Wildman–Crippen MR) is 122 cm³/mol. The van der Waals surface area contributed by atoms with Crippen LogP contribution in [-0.2, 0) is 21.9 Å². The summed E-state index contributed by atoms with van der Waals surface area (Å²) in [6.07, 6.45) is 0. The zero-order valence-electron chi connectivity index (χ0n) is 19.6. The molecule has 10 heteroatoms. The highest BCUT2D eigenvalue weighted by Crippen LogP contribution is 2.35. The molecule has 3 rings (SSSR count). The van der Waals surface area contributed by atoms with Crippen LogP contribution in [0.25, 0.3) is 10.9 Å². The van der Waals surface area contributed by atoms with E-state index in [4.69, 9.17) is 18.9 Å². The molecule has 0 aliphatic rings. The van der Waals surface area contributed by atoms with Crippen LogP contribution < -0.4 is 14.8 Å². The van der Waals surface area contributed by atoms with Gasteiger partial charge in [-0.05, 0) is 13.0 Å². The molecule has 0 amide bonds. The molecule has 0 aliphatic carbocycles. The maximum absolute atomic E-state index is 14.7. The van der Waals surface area contributed by atoms with Crippen LogP contribution in [0.3, 0.4) is 0 Å². The summed E-state index contributed by atoms with van der Waals surface area (Å²) in [6, 6.07) is 7.39. The minimum Gasteiger partial charge on any atom is -0.487 e. The smallest absolute Gasteiger partial charge is 0.273 e. The highest BCUT2D eigenvalue weighted by Gasteiger charge is 2.29. The Morgan fingerprint density at radius 1 is 0.941 bits per heavy atom. The summed E-state index contributed by atoms with van der Waals surface area (Å²) in [5.74, 6) is -2.42. The Kier molecular flexibility index (Phi) is 8.51. The van der Waals surface area contributed by atoms with E-state index < -0.39 is 17.3 Å². The molecule has 0 fully saturated rings. The van der Waals surface area contributed by atoms with Crippen molar-refractivity contribution < 1.29 is 32.1 Å². The highest BCUT2D eigenvalue weighted by molar-refractivity contribution is 5.91. The second kappa shape index (κ2) is 11.3. The van der Waals surface area contributed by atoms with Crippen molar-refractivity contribution in [2.75, 3.05) is 46.0 Å². The molecule has 1 heterocycles. The molecule has 0 atom stereocenters. The van der Waals surface area contributed by atoms with Gasteiger partial charge in [0.05, 0.1) is 24.3 Å². The number of nitrogens with zero attached hydrogens (tertiary/aromatic N) is 2. The van der Waals surface area contributed by atoms with Crippen molar-refractivity contribution in [3.63, 3.8) is 0 Å². The fourth-order valence-corrected chi connectivity index (χ4v) is 3.32. The maximum atomic E-state index is 14.7. The lowest BCUT2D eigenvalue weighted by Gasteiger charge is -2.17. The van der Waals surface area contributed by atoms with Gasteiger partial charge in [-0.1, -0.05) is 18.2 Å². The van der Waals surface area contributed by atoms with E-state index in [1.807, 2.05) is 0 Å². The Balaban J connectivity index is 1.95. The number of hydrogen-bond donors (Lipinski definition) is 1. The second-order valence-corrected chi connectivity index (χ2v) is 7.64. The lowest BCUT2D eigenvalue weighted by atomic mass is 10.0. The SMILES string of the molecule is COCCOc1cc2nc(C)nc(NCc3cccc(C(C)(F)F)c3F)c2cc1OCCOC. The van der Waals surface area contributed by atoms with Crippen LogP contribution in [0.5, 0.6) is 11.5 Å². The molecule has 34 heavy (non-hydrogen) atoms. The molecular formula is C24H28F3N3O4. The van der Waals surface area contributed by atoms with E-state index in [0.29, 0.717) is 67.4 Å². The van der Waals surface area contributed by atoms with E-state index in [2.05, 4.69) is 15.3 Å². The van der Waals surface area contributed by atoms with Crippen LogP contribution >= 0.6 is 0 Å². The first-order chi connectivity index (χ1) is 16.2. The number of ether oxygens (including phenoxy) is 4. The van der Waals surface area contributed by atoms with Crippen LogP contribution in [-0.4, -0.2) is 50.6 Å². The minimum atomic E-state index is -3.29. The summed E-state index contributed by atoms with van der Waals surface area (Å²) in [5, 5.41) is 3.66. The van der Waals surface area contributed by atoms with Crippen LogP contribution in [0.1, 0.15) is 23.9 Å². The molecule has 0 saturated carbocycles. The standard InChI is InChI=1S/C24H28F3N3O4/c1-15-29-19-13-21(34-11-9-32-4)20(33-10-8-31-3)12-17(19)23(30-15)28-14-16-6-5-7-18(22(16)25)24(2,26)27/h5-7,12-13H,8-11,14H2,1-4H3,(H,28,29,30). The van der Waals surface area contributed by atoms with Gasteiger partial charge in [-0.25, -0.2) is 23.1 Å². The second-order valence-electron chi connectivity index (χ2n) is 7.64. The van der Waals surface area contributed by atoms with Gasteiger partial charge in [0.1, 0.15) is 30.7 Å². The Hall–Kier alpha value is -3.11. The van der Waals surface area contributed by atoms with Gasteiger partial charge in [0.2, 0.25) is 0 Å². The summed E-state index contributed by atoms with van der Waals surface area (Å²) in [6.45, 7) is 3.72. The highest BCUT2D eigenvalue weighted by atomic mass is 19.3. The molecule has 3 aromatic rings. The van der Waals surface area contributed by atoms with Crippen molar-refractivity contribution in [3.8, 4) is 11.5 Å². The van der Waals surface area contributed by atoms with Gasteiger partial charge in [-0.2, -0.15) is 0 Å². The average molecular weight is 479 g/mol. The van der Waals surface area contributed by atoms with Gasteiger partial charge < -0.3 is 24.3 Å². The van der Waals surface area contributed by atoms with Crippen molar-refractivity contribution in [2.24, 2.45) is 0 Å². The van der Waals surface area contributed by atoms with Gasteiger partial charge in [-0.3, -0.25) is 0 Å². The number of rotatable bonds is 12. The van der Waals surface area contributed by atoms with E-state index in [1.165, 1.54) is 12.1 Å². The van der Waals surface area contributed by atoms with Gasteiger partial charge in [0, 0.05) is 44.7 Å². The van der Waals surface area contributed by atoms with Gasteiger partial charge in [-0.15, -0.1) is 0 Å². The zero-order chi connectivity index (χ0) is 24.7. The normalized spacial score (nSPS) is 11.6. The average Bonchev–Trinajstić information content (AvgIpc) is 2.78. The number of methoxy groups -OCH3 is 2. The van der Waals surface area contributed by atoms with Crippen LogP contribution in [0.15, 0.2) is 30.3 Å². The number of benzene rings is 2. The Labute approximate surface area is 196 Å². The molecule has 1 aromatic heterocycles. The fraction of sp³-hybridized carbons (Fsp3) is 0.417. The molecule has 1 N–H and O–H groups in total.